The standard InChI is InChI=1S/C16H22N4O3S3/c1-6-13(14(21)17-15-18-19-16(24-4)25-15)20(26(5,22)23)12-8-7-10(2)11(3)9-12/h7-9,13H,6H2,1-5H3,(H,17,18,21)/t13-/m1/s1. The zero-order valence-electron chi connectivity index (χ0n) is 15.3. The first-order valence-electron chi connectivity index (χ1n) is 7.92. The number of aromatic nitrogens is 2. The predicted octanol–water partition coefficient (Wildman–Crippen LogP) is 3.06. The van der Waals surface area contributed by atoms with Gasteiger partial charge in [-0.25, -0.2) is 8.42 Å². The zero-order chi connectivity index (χ0) is 19.5. The van der Waals surface area contributed by atoms with E-state index >= 15 is 0 Å². The summed E-state index contributed by atoms with van der Waals surface area (Å²) in [6.45, 7) is 5.63. The van der Waals surface area contributed by atoms with Crippen molar-refractivity contribution in [1.29, 1.82) is 0 Å². The first kappa shape index (κ1) is 20.7. The highest BCUT2D eigenvalue weighted by Crippen LogP contribution is 2.27. The number of nitrogens with zero attached hydrogens (tertiary/aromatic N) is 3. The first-order chi connectivity index (χ1) is 12.2. The van der Waals surface area contributed by atoms with Crippen LogP contribution in [0.25, 0.3) is 0 Å². The summed E-state index contributed by atoms with van der Waals surface area (Å²) in [5.74, 6) is -0.431. The quantitative estimate of drug-likeness (QED) is 0.553. The van der Waals surface area contributed by atoms with Crippen LogP contribution < -0.4 is 9.62 Å². The van der Waals surface area contributed by atoms with E-state index in [-0.39, 0.29) is 0 Å². The van der Waals surface area contributed by atoms with Gasteiger partial charge in [-0.3, -0.25) is 14.4 Å². The van der Waals surface area contributed by atoms with Crippen molar-refractivity contribution in [2.45, 2.75) is 37.6 Å². The van der Waals surface area contributed by atoms with Crippen LogP contribution in [0.1, 0.15) is 24.5 Å². The van der Waals surface area contributed by atoms with E-state index in [1.165, 1.54) is 27.4 Å². The van der Waals surface area contributed by atoms with E-state index in [1.54, 1.807) is 19.1 Å². The Morgan fingerprint density at radius 1 is 1.31 bits per heavy atom. The minimum absolute atomic E-state index is 0.319. The lowest BCUT2D eigenvalue weighted by molar-refractivity contribution is -0.117. The molecule has 0 radical (unpaired) electrons. The van der Waals surface area contributed by atoms with Gasteiger partial charge in [0.2, 0.25) is 21.1 Å². The van der Waals surface area contributed by atoms with Crippen LogP contribution in [0, 0.1) is 13.8 Å². The van der Waals surface area contributed by atoms with Gasteiger partial charge < -0.3 is 0 Å². The Bertz CT molecular complexity index is 896. The number of thioether (sulfide) groups is 1. The summed E-state index contributed by atoms with van der Waals surface area (Å²) in [6.07, 6.45) is 3.29. The average Bonchev–Trinajstić information content (AvgIpc) is 3.01. The third-order valence-electron chi connectivity index (χ3n) is 3.89. The second-order valence-electron chi connectivity index (χ2n) is 5.82. The number of carbonyl (C=O) groups is 1. The Kier molecular flexibility index (Phi) is 6.64. The van der Waals surface area contributed by atoms with Crippen LogP contribution in [0.2, 0.25) is 0 Å². The van der Waals surface area contributed by atoms with E-state index < -0.39 is 22.0 Å². The Morgan fingerprint density at radius 2 is 2.00 bits per heavy atom. The molecule has 0 bridgehead atoms. The molecule has 1 aromatic heterocycles. The number of sulfonamides is 1. The minimum atomic E-state index is -3.66. The van der Waals surface area contributed by atoms with Crippen molar-refractivity contribution in [2.24, 2.45) is 0 Å². The fraction of sp³-hybridized carbons (Fsp3) is 0.438. The van der Waals surface area contributed by atoms with Gasteiger partial charge in [-0.15, -0.1) is 10.2 Å². The van der Waals surface area contributed by atoms with Crippen LogP contribution in [0.5, 0.6) is 0 Å². The second-order valence-corrected chi connectivity index (χ2v) is 9.71. The van der Waals surface area contributed by atoms with Gasteiger partial charge in [0.25, 0.3) is 0 Å². The van der Waals surface area contributed by atoms with E-state index in [1.807, 2.05) is 26.2 Å². The zero-order valence-corrected chi connectivity index (χ0v) is 17.8. The Balaban J connectivity index is 2.37. The molecule has 0 aliphatic rings. The predicted molar refractivity (Wildman–Crippen MR) is 108 cm³/mol. The molecule has 0 saturated carbocycles. The van der Waals surface area contributed by atoms with E-state index in [9.17, 15) is 13.2 Å². The van der Waals surface area contributed by atoms with Crippen molar-refractivity contribution in [3.05, 3.63) is 29.3 Å². The summed E-state index contributed by atoms with van der Waals surface area (Å²) < 4.78 is 26.8. The highest BCUT2D eigenvalue weighted by Gasteiger charge is 2.32. The Labute approximate surface area is 162 Å². The molecular weight excluding hydrogens is 392 g/mol. The third-order valence-corrected chi connectivity index (χ3v) is 6.88. The van der Waals surface area contributed by atoms with E-state index in [4.69, 9.17) is 0 Å². The van der Waals surface area contributed by atoms with Crippen LogP contribution in [0.15, 0.2) is 22.5 Å². The van der Waals surface area contributed by atoms with Gasteiger partial charge in [-0.05, 0) is 49.8 Å². The monoisotopic (exact) mass is 414 g/mol. The normalized spacial score (nSPS) is 12.7. The van der Waals surface area contributed by atoms with Gasteiger partial charge in [0, 0.05) is 0 Å². The van der Waals surface area contributed by atoms with Gasteiger partial charge in [-0.2, -0.15) is 0 Å². The molecule has 142 valence electrons. The van der Waals surface area contributed by atoms with Crippen molar-refractivity contribution >= 4 is 49.8 Å². The lowest BCUT2D eigenvalue weighted by Crippen LogP contribution is -2.47. The van der Waals surface area contributed by atoms with E-state index in [0.29, 0.717) is 17.2 Å². The van der Waals surface area contributed by atoms with Crippen LogP contribution in [-0.2, 0) is 14.8 Å². The molecule has 0 aliphatic heterocycles. The number of carbonyl (C=O) groups excluding carboxylic acids is 1. The fourth-order valence-corrected chi connectivity index (χ4v) is 4.83. The number of amides is 1. The van der Waals surface area contributed by atoms with Gasteiger partial charge >= 0.3 is 0 Å². The highest BCUT2D eigenvalue weighted by molar-refractivity contribution is 8.00. The molecule has 0 fully saturated rings. The van der Waals surface area contributed by atoms with Crippen molar-refractivity contribution in [1.82, 2.24) is 10.2 Å². The van der Waals surface area contributed by atoms with Gasteiger partial charge in [0.1, 0.15) is 6.04 Å². The molecule has 1 N–H and O–H groups in total. The van der Waals surface area contributed by atoms with Gasteiger partial charge in [-0.1, -0.05) is 36.1 Å². The summed E-state index contributed by atoms with van der Waals surface area (Å²) in [4.78, 5) is 12.8. The second kappa shape index (κ2) is 8.36. The number of anilines is 2. The number of hydrogen-bond acceptors (Lipinski definition) is 7. The molecule has 0 spiro atoms. The molecule has 0 saturated heterocycles. The molecule has 1 aromatic carbocycles. The maximum atomic E-state index is 12.8. The van der Waals surface area contributed by atoms with Crippen molar-refractivity contribution in [3.63, 3.8) is 0 Å². The number of aryl methyl sites for hydroxylation is 2. The van der Waals surface area contributed by atoms with E-state index in [0.717, 1.165) is 21.7 Å². The molecular formula is C16H22N4O3S3. The summed E-state index contributed by atoms with van der Waals surface area (Å²) in [6, 6.07) is 4.47. The summed E-state index contributed by atoms with van der Waals surface area (Å²) in [7, 11) is -3.66. The average molecular weight is 415 g/mol. The molecule has 7 nitrogen and oxygen atoms in total. The summed E-state index contributed by atoms with van der Waals surface area (Å²) in [5, 5.41) is 10.9. The fourth-order valence-electron chi connectivity index (χ4n) is 2.45. The van der Waals surface area contributed by atoms with E-state index in [2.05, 4.69) is 15.5 Å². The molecule has 10 heteroatoms. The molecule has 1 atom stereocenters. The maximum absolute atomic E-state index is 12.8. The molecule has 1 amide bonds. The lowest BCUT2D eigenvalue weighted by Gasteiger charge is -2.30. The molecule has 2 rings (SSSR count). The highest BCUT2D eigenvalue weighted by atomic mass is 32.2. The van der Waals surface area contributed by atoms with Crippen molar-refractivity contribution in [3.8, 4) is 0 Å². The Hall–Kier alpha value is -1.65. The SMILES string of the molecule is CC[C@H](C(=O)Nc1nnc(SC)s1)N(c1ccc(C)c(C)c1)S(C)(=O)=O. The summed E-state index contributed by atoms with van der Waals surface area (Å²) in [5.41, 5.74) is 2.48. The number of rotatable bonds is 7. The first-order valence-corrected chi connectivity index (χ1v) is 11.8. The molecule has 0 unspecified atom stereocenters. The topological polar surface area (TPSA) is 92.3 Å². The Morgan fingerprint density at radius 3 is 2.50 bits per heavy atom. The van der Waals surface area contributed by atoms with Crippen molar-refractivity contribution < 1.29 is 13.2 Å². The number of benzene rings is 1. The molecule has 1 heterocycles. The smallest absolute Gasteiger partial charge is 0.250 e. The van der Waals surface area contributed by atoms with Crippen LogP contribution in [0.3, 0.4) is 0 Å². The van der Waals surface area contributed by atoms with Crippen LogP contribution in [-0.4, -0.2) is 43.1 Å². The lowest BCUT2D eigenvalue weighted by atomic mass is 10.1. The molecule has 2 aromatic rings. The third kappa shape index (κ3) is 4.74. The number of nitrogens with one attached hydrogen (secondary N) is 1. The van der Waals surface area contributed by atoms with Gasteiger partial charge in [0.05, 0.1) is 11.9 Å². The van der Waals surface area contributed by atoms with Crippen molar-refractivity contribution in [2.75, 3.05) is 22.1 Å². The largest absolute Gasteiger partial charge is 0.299 e. The van der Waals surface area contributed by atoms with Gasteiger partial charge in [0.15, 0.2) is 4.34 Å². The number of hydrogen-bond donors (Lipinski definition) is 1. The molecule has 26 heavy (non-hydrogen) atoms. The minimum Gasteiger partial charge on any atom is -0.299 e. The summed E-state index contributed by atoms with van der Waals surface area (Å²) >= 11 is 2.68. The van der Waals surface area contributed by atoms with Crippen LogP contribution >= 0.6 is 23.1 Å². The maximum Gasteiger partial charge on any atom is 0.250 e. The molecule has 0 aliphatic carbocycles. The van der Waals surface area contributed by atoms with Crippen LogP contribution in [0.4, 0.5) is 10.8 Å².